The predicted octanol–water partition coefficient (Wildman–Crippen LogP) is 10.8. The lowest BCUT2D eigenvalue weighted by Gasteiger charge is -2.13. The van der Waals surface area contributed by atoms with Gasteiger partial charge in [0, 0.05) is 32.5 Å². The molecule has 0 bridgehead atoms. The molecule has 10 rings (SSSR count). The van der Waals surface area contributed by atoms with Gasteiger partial charge in [-0.1, -0.05) is 91.0 Å². The van der Waals surface area contributed by atoms with E-state index in [1.54, 1.807) is 0 Å². The largest absolute Gasteiger partial charge is 0.455 e. The molecule has 0 atom stereocenters. The average molecular weight is 551 g/mol. The van der Waals surface area contributed by atoms with Crippen molar-refractivity contribution in [2.24, 2.45) is 0 Å². The van der Waals surface area contributed by atoms with E-state index in [1.807, 2.05) is 36.4 Å². The van der Waals surface area contributed by atoms with Gasteiger partial charge in [0.1, 0.15) is 16.7 Å². The second-order valence-corrected chi connectivity index (χ2v) is 11.2. The van der Waals surface area contributed by atoms with Crippen LogP contribution in [0.3, 0.4) is 0 Å². The SMILES string of the molecule is c1ccc2c(c1)cc(-n1c3ccccc3c3ccc4ccccc4c31)c1c3cc(-c4nc5ccccc5o4)ccc3oc21. The van der Waals surface area contributed by atoms with E-state index in [1.165, 1.54) is 27.1 Å². The lowest BCUT2D eigenvalue weighted by Crippen LogP contribution is -1.96. The first kappa shape index (κ1) is 22.8. The molecule has 0 radical (unpaired) electrons. The minimum Gasteiger partial charge on any atom is -0.455 e. The molecule has 0 saturated carbocycles. The summed E-state index contributed by atoms with van der Waals surface area (Å²) in [6, 6.07) is 46.7. The maximum Gasteiger partial charge on any atom is 0.227 e. The summed E-state index contributed by atoms with van der Waals surface area (Å²) in [5.74, 6) is 0.600. The van der Waals surface area contributed by atoms with Gasteiger partial charge >= 0.3 is 0 Å². The van der Waals surface area contributed by atoms with E-state index < -0.39 is 0 Å². The van der Waals surface area contributed by atoms with Crippen molar-refractivity contribution in [3.63, 3.8) is 0 Å². The van der Waals surface area contributed by atoms with Crippen molar-refractivity contribution in [1.29, 1.82) is 0 Å². The molecule has 0 N–H and O–H groups in total. The maximum absolute atomic E-state index is 6.70. The molecule has 4 nitrogen and oxygen atoms in total. The van der Waals surface area contributed by atoms with E-state index in [9.17, 15) is 0 Å². The van der Waals surface area contributed by atoms with Gasteiger partial charge in [0.05, 0.1) is 22.1 Å². The molecular formula is C39H22N2O2. The van der Waals surface area contributed by atoms with Gasteiger partial charge in [-0.2, -0.15) is 0 Å². The number of aromatic nitrogens is 2. The standard InChI is InChI=1S/C39H22N2O2/c1-3-11-26-23(9-1)17-19-29-28-13-5-7-15-32(28)41(37(26)29)33-22-24-10-2-4-12-27(24)38-36(33)30-21-25(18-20-34(30)42-38)39-40-31-14-6-8-16-35(31)43-39/h1-22H. The Bertz CT molecular complexity index is 2710. The number of furan rings is 1. The van der Waals surface area contributed by atoms with E-state index in [-0.39, 0.29) is 0 Å². The first-order valence-corrected chi connectivity index (χ1v) is 14.5. The number of para-hydroxylation sites is 3. The van der Waals surface area contributed by atoms with Crippen molar-refractivity contribution in [2.75, 3.05) is 0 Å². The van der Waals surface area contributed by atoms with Crippen LogP contribution in [-0.4, -0.2) is 9.55 Å². The average Bonchev–Trinajstić information content (AvgIpc) is 3.76. The summed E-state index contributed by atoms with van der Waals surface area (Å²) in [6.45, 7) is 0. The Morgan fingerprint density at radius 2 is 1.28 bits per heavy atom. The maximum atomic E-state index is 6.70. The summed E-state index contributed by atoms with van der Waals surface area (Å²) >= 11 is 0. The second kappa shape index (κ2) is 8.34. The minimum atomic E-state index is 0.600. The van der Waals surface area contributed by atoms with Gasteiger partial charge < -0.3 is 13.4 Å². The van der Waals surface area contributed by atoms with Crippen molar-refractivity contribution in [2.45, 2.75) is 0 Å². The van der Waals surface area contributed by atoms with Gasteiger partial charge in [-0.3, -0.25) is 0 Å². The van der Waals surface area contributed by atoms with Gasteiger partial charge in [0.25, 0.3) is 0 Å². The molecule has 10 aromatic rings. The molecule has 0 spiro atoms. The molecule has 0 aliphatic heterocycles. The van der Waals surface area contributed by atoms with Crippen LogP contribution in [0.5, 0.6) is 0 Å². The van der Waals surface area contributed by atoms with Crippen molar-refractivity contribution in [3.05, 3.63) is 133 Å². The summed E-state index contributed by atoms with van der Waals surface area (Å²) < 4.78 is 15.3. The lowest BCUT2D eigenvalue weighted by atomic mass is 10.0. The normalized spacial score (nSPS) is 12.2. The zero-order valence-corrected chi connectivity index (χ0v) is 22.9. The summed E-state index contributed by atoms with van der Waals surface area (Å²) in [7, 11) is 0. The fraction of sp³-hybridized carbons (Fsp3) is 0. The van der Waals surface area contributed by atoms with E-state index in [0.717, 1.165) is 60.6 Å². The third kappa shape index (κ3) is 3.12. The Kier molecular flexibility index (Phi) is 4.42. The van der Waals surface area contributed by atoms with Crippen molar-refractivity contribution < 1.29 is 8.83 Å². The molecule has 3 aromatic heterocycles. The van der Waals surface area contributed by atoms with Crippen molar-refractivity contribution in [1.82, 2.24) is 9.55 Å². The van der Waals surface area contributed by atoms with E-state index in [4.69, 9.17) is 13.8 Å². The van der Waals surface area contributed by atoms with Crippen LogP contribution in [0, 0.1) is 0 Å². The van der Waals surface area contributed by atoms with E-state index in [0.29, 0.717) is 5.89 Å². The molecule has 3 heterocycles. The Labute approximate surface area is 245 Å². The summed E-state index contributed by atoms with van der Waals surface area (Å²) in [5, 5.41) is 9.22. The fourth-order valence-electron chi connectivity index (χ4n) is 6.88. The van der Waals surface area contributed by atoms with Crippen LogP contribution in [0.2, 0.25) is 0 Å². The van der Waals surface area contributed by atoms with Crippen LogP contribution < -0.4 is 0 Å². The van der Waals surface area contributed by atoms with Gasteiger partial charge in [0.2, 0.25) is 5.89 Å². The zero-order chi connectivity index (χ0) is 28.1. The molecule has 0 aliphatic rings. The third-order valence-corrected chi connectivity index (χ3v) is 8.78. The Morgan fingerprint density at radius 3 is 2.19 bits per heavy atom. The van der Waals surface area contributed by atoms with Gasteiger partial charge in [-0.05, 0) is 53.2 Å². The van der Waals surface area contributed by atoms with Crippen LogP contribution in [0.1, 0.15) is 0 Å². The van der Waals surface area contributed by atoms with Crippen LogP contribution >= 0.6 is 0 Å². The molecule has 0 amide bonds. The molecule has 4 heteroatoms. The topological polar surface area (TPSA) is 44.1 Å². The first-order chi connectivity index (χ1) is 21.3. The number of hydrogen-bond donors (Lipinski definition) is 0. The highest BCUT2D eigenvalue weighted by molar-refractivity contribution is 6.23. The van der Waals surface area contributed by atoms with Crippen LogP contribution in [0.25, 0.3) is 93.5 Å². The number of fused-ring (bicyclic) bond motifs is 11. The summed E-state index contributed by atoms with van der Waals surface area (Å²) in [6.07, 6.45) is 0. The quantitative estimate of drug-likeness (QED) is 0.215. The van der Waals surface area contributed by atoms with Crippen molar-refractivity contribution >= 4 is 76.4 Å². The van der Waals surface area contributed by atoms with E-state index in [2.05, 4.69) is 102 Å². The molecule has 7 aromatic carbocycles. The monoisotopic (exact) mass is 550 g/mol. The summed E-state index contributed by atoms with van der Waals surface area (Å²) in [4.78, 5) is 4.79. The highest BCUT2D eigenvalue weighted by atomic mass is 16.3. The fourth-order valence-corrected chi connectivity index (χ4v) is 6.88. The van der Waals surface area contributed by atoms with Crippen molar-refractivity contribution in [3.8, 4) is 17.1 Å². The van der Waals surface area contributed by atoms with E-state index >= 15 is 0 Å². The lowest BCUT2D eigenvalue weighted by molar-refractivity contribution is 0.620. The molecular weight excluding hydrogens is 528 g/mol. The van der Waals surface area contributed by atoms with Crippen LogP contribution in [0.4, 0.5) is 0 Å². The first-order valence-electron chi connectivity index (χ1n) is 14.5. The molecule has 200 valence electrons. The number of hydrogen-bond acceptors (Lipinski definition) is 3. The molecule has 0 aliphatic carbocycles. The smallest absolute Gasteiger partial charge is 0.227 e. The minimum absolute atomic E-state index is 0.600. The highest BCUT2D eigenvalue weighted by Gasteiger charge is 2.22. The predicted molar refractivity (Wildman–Crippen MR) is 176 cm³/mol. The molecule has 0 unspecified atom stereocenters. The molecule has 0 saturated heterocycles. The van der Waals surface area contributed by atoms with Gasteiger partial charge in [0.15, 0.2) is 5.58 Å². The number of benzene rings is 7. The second-order valence-electron chi connectivity index (χ2n) is 11.2. The number of nitrogens with zero attached hydrogens (tertiary/aromatic N) is 2. The Balaban J connectivity index is 1.39. The Hall–Kier alpha value is -5.87. The highest BCUT2D eigenvalue weighted by Crippen LogP contribution is 2.44. The summed E-state index contributed by atoms with van der Waals surface area (Å²) in [5.41, 5.74) is 7.69. The van der Waals surface area contributed by atoms with Crippen LogP contribution in [-0.2, 0) is 0 Å². The van der Waals surface area contributed by atoms with Gasteiger partial charge in [-0.15, -0.1) is 0 Å². The number of rotatable bonds is 2. The Morgan fingerprint density at radius 1 is 0.512 bits per heavy atom. The number of oxazole rings is 1. The molecule has 43 heavy (non-hydrogen) atoms. The zero-order valence-electron chi connectivity index (χ0n) is 22.9. The molecule has 0 fully saturated rings. The van der Waals surface area contributed by atoms with Crippen LogP contribution in [0.15, 0.2) is 142 Å². The van der Waals surface area contributed by atoms with Gasteiger partial charge in [-0.25, -0.2) is 4.98 Å². The third-order valence-electron chi connectivity index (χ3n) is 8.78.